The van der Waals surface area contributed by atoms with E-state index in [1.807, 2.05) is 17.5 Å². The molecule has 0 aliphatic carbocycles. The molecule has 1 aromatic carbocycles. The number of benzene rings is 1. The van der Waals surface area contributed by atoms with Crippen molar-refractivity contribution in [3.05, 3.63) is 40.8 Å². The van der Waals surface area contributed by atoms with Crippen LogP contribution < -0.4 is 9.64 Å². The average Bonchev–Trinajstić information content (AvgIpc) is 3.03. The molecule has 1 atom stereocenters. The quantitative estimate of drug-likeness (QED) is 0.671. The molecule has 0 spiro atoms. The van der Waals surface area contributed by atoms with E-state index in [0.717, 1.165) is 34.7 Å². The molecule has 2 rings (SSSR count). The van der Waals surface area contributed by atoms with E-state index in [2.05, 4.69) is 26.0 Å². The lowest BCUT2D eigenvalue weighted by Gasteiger charge is -2.28. The summed E-state index contributed by atoms with van der Waals surface area (Å²) in [6, 6.07) is 8.04. The zero-order valence-corrected chi connectivity index (χ0v) is 15.5. The highest BCUT2D eigenvalue weighted by atomic mass is 35.5. The molecule has 1 aromatic heterocycles. The highest BCUT2D eigenvalue weighted by molar-refractivity contribution is 7.15. The number of halogens is 1. The van der Waals surface area contributed by atoms with Gasteiger partial charge < -0.3 is 4.74 Å². The van der Waals surface area contributed by atoms with Crippen LogP contribution in [0.4, 0.5) is 10.7 Å². The molecular formula is C18H22ClNO2S. The molecule has 3 nitrogen and oxygen atoms in total. The van der Waals surface area contributed by atoms with Gasteiger partial charge >= 0.3 is 0 Å². The van der Waals surface area contributed by atoms with E-state index >= 15 is 0 Å². The topological polar surface area (TPSA) is 29.5 Å². The summed E-state index contributed by atoms with van der Waals surface area (Å²) < 4.78 is 5.44. The number of para-hydroxylation sites is 1. The van der Waals surface area contributed by atoms with Crippen molar-refractivity contribution in [3.63, 3.8) is 0 Å². The fraction of sp³-hybridized carbons (Fsp3) is 0.389. The highest BCUT2D eigenvalue weighted by Gasteiger charge is 2.29. The number of hydrogen-bond donors (Lipinski definition) is 0. The van der Waals surface area contributed by atoms with Gasteiger partial charge in [0.25, 0.3) is 0 Å². The van der Waals surface area contributed by atoms with Crippen molar-refractivity contribution in [1.82, 2.24) is 0 Å². The first-order valence-corrected chi connectivity index (χ1v) is 9.06. The molecule has 23 heavy (non-hydrogen) atoms. The molecule has 0 bridgehead atoms. The Hall–Kier alpha value is -1.52. The molecule has 5 heteroatoms. The van der Waals surface area contributed by atoms with Crippen molar-refractivity contribution in [3.8, 4) is 5.75 Å². The van der Waals surface area contributed by atoms with Gasteiger partial charge in [-0.2, -0.15) is 0 Å². The van der Waals surface area contributed by atoms with Gasteiger partial charge in [-0.15, -0.1) is 22.9 Å². The first-order valence-electron chi connectivity index (χ1n) is 7.75. The number of methoxy groups -OCH3 is 1. The first-order chi connectivity index (χ1) is 11.0. The number of aryl methyl sites for hydroxylation is 2. The number of anilines is 2. The number of ether oxygens (including phenoxy) is 1. The molecule has 0 N–H and O–H groups in total. The Morgan fingerprint density at radius 3 is 2.35 bits per heavy atom. The van der Waals surface area contributed by atoms with Gasteiger partial charge in [-0.05, 0) is 42.3 Å². The number of amides is 1. The molecular weight excluding hydrogens is 330 g/mol. The van der Waals surface area contributed by atoms with Gasteiger partial charge in [0, 0.05) is 0 Å². The summed E-state index contributed by atoms with van der Waals surface area (Å²) in [7, 11) is 1.62. The standard InChI is InChI=1S/C18H22ClNO2S/c1-5-13-8-7-9-14(6-2)16(13)20(17(21)12(3)19)18-15(22-4)10-11-23-18/h7-12H,5-6H2,1-4H3. The van der Waals surface area contributed by atoms with Crippen molar-refractivity contribution < 1.29 is 9.53 Å². The molecule has 0 aliphatic rings. The molecule has 1 heterocycles. The molecule has 0 aliphatic heterocycles. The van der Waals surface area contributed by atoms with Gasteiger partial charge in [0.2, 0.25) is 5.91 Å². The van der Waals surface area contributed by atoms with Crippen LogP contribution in [-0.2, 0) is 17.6 Å². The fourth-order valence-electron chi connectivity index (χ4n) is 2.60. The summed E-state index contributed by atoms with van der Waals surface area (Å²) in [5.74, 6) is 0.552. The second-order valence-corrected chi connectivity index (χ2v) is 6.76. The minimum absolute atomic E-state index is 0.136. The third-order valence-electron chi connectivity index (χ3n) is 3.78. The minimum atomic E-state index is -0.614. The normalized spacial score (nSPS) is 12.0. The molecule has 0 radical (unpaired) electrons. The van der Waals surface area contributed by atoms with Crippen molar-refractivity contribution in [2.75, 3.05) is 12.0 Å². The van der Waals surface area contributed by atoms with Crippen LogP contribution in [0.5, 0.6) is 5.75 Å². The van der Waals surface area contributed by atoms with Gasteiger partial charge in [0.1, 0.15) is 10.4 Å². The summed E-state index contributed by atoms with van der Waals surface area (Å²) in [4.78, 5) is 14.6. The fourth-order valence-corrected chi connectivity index (χ4v) is 3.57. The number of hydrogen-bond acceptors (Lipinski definition) is 3. The van der Waals surface area contributed by atoms with Gasteiger partial charge in [0.05, 0.1) is 12.8 Å². The van der Waals surface area contributed by atoms with Gasteiger partial charge in [-0.25, -0.2) is 0 Å². The summed E-state index contributed by atoms with van der Waals surface area (Å²) in [5.41, 5.74) is 3.20. The SMILES string of the molecule is CCc1cccc(CC)c1N(C(=O)C(C)Cl)c1sccc1OC. The van der Waals surface area contributed by atoms with Crippen molar-refractivity contribution in [1.29, 1.82) is 0 Å². The van der Waals surface area contributed by atoms with Gasteiger partial charge in [-0.1, -0.05) is 32.0 Å². The molecule has 1 unspecified atom stereocenters. The number of carbonyl (C=O) groups excluding carboxylic acids is 1. The molecule has 2 aromatic rings. The molecule has 0 saturated carbocycles. The lowest BCUT2D eigenvalue weighted by atomic mass is 10.0. The Morgan fingerprint density at radius 1 is 1.26 bits per heavy atom. The Bertz CT molecular complexity index is 659. The van der Waals surface area contributed by atoms with E-state index in [-0.39, 0.29) is 5.91 Å². The molecule has 1 amide bonds. The maximum absolute atomic E-state index is 12.9. The van der Waals surface area contributed by atoms with E-state index in [1.165, 1.54) is 11.3 Å². The van der Waals surface area contributed by atoms with Crippen molar-refractivity contribution >= 4 is 39.5 Å². The zero-order valence-electron chi connectivity index (χ0n) is 13.9. The van der Waals surface area contributed by atoms with Crippen LogP contribution >= 0.6 is 22.9 Å². The van der Waals surface area contributed by atoms with Crippen LogP contribution in [-0.4, -0.2) is 18.4 Å². The Kier molecular flexibility index (Phi) is 6.08. The minimum Gasteiger partial charge on any atom is -0.494 e. The maximum Gasteiger partial charge on any atom is 0.250 e. The number of alkyl halides is 1. The second kappa shape index (κ2) is 7.84. The van der Waals surface area contributed by atoms with Crippen LogP contribution in [0.15, 0.2) is 29.6 Å². The van der Waals surface area contributed by atoms with Gasteiger partial charge in [0.15, 0.2) is 5.75 Å². The van der Waals surface area contributed by atoms with Crippen LogP contribution in [0.25, 0.3) is 0 Å². The maximum atomic E-state index is 12.9. The number of carbonyl (C=O) groups is 1. The number of rotatable bonds is 6. The molecule has 0 saturated heterocycles. The van der Waals surface area contributed by atoms with Gasteiger partial charge in [-0.3, -0.25) is 9.69 Å². The number of thiophene rings is 1. The summed E-state index contributed by atoms with van der Waals surface area (Å²) >= 11 is 7.63. The highest BCUT2D eigenvalue weighted by Crippen LogP contribution is 2.42. The Balaban J connectivity index is 2.71. The third kappa shape index (κ3) is 3.54. The third-order valence-corrected chi connectivity index (χ3v) is 4.85. The Labute approximate surface area is 146 Å². The monoisotopic (exact) mass is 351 g/mol. The zero-order chi connectivity index (χ0) is 17.0. The summed E-state index contributed by atoms with van der Waals surface area (Å²) in [6.07, 6.45) is 1.69. The van der Waals surface area contributed by atoms with Crippen LogP contribution in [0, 0.1) is 0 Å². The largest absolute Gasteiger partial charge is 0.494 e. The number of nitrogens with zero attached hydrogens (tertiary/aromatic N) is 1. The smallest absolute Gasteiger partial charge is 0.250 e. The lowest BCUT2D eigenvalue weighted by Crippen LogP contribution is -2.32. The average molecular weight is 352 g/mol. The van der Waals surface area contributed by atoms with Crippen LogP contribution in [0.3, 0.4) is 0 Å². The van der Waals surface area contributed by atoms with Crippen molar-refractivity contribution in [2.45, 2.75) is 39.0 Å². The van der Waals surface area contributed by atoms with E-state index in [4.69, 9.17) is 16.3 Å². The van der Waals surface area contributed by atoms with E-state index in [0.29, 0.717) is 5.75 Å². The lowest BCUT2D eigenvalue weighted by molar-refractivity contribution is -0.117. The predicted octanol–water partition coefficient (Wildman–Crippen LogP) is 5.17. The van der Waals surface area contributed by atoms with Crippen LogP contribution in [0.1, 0.15) is 31.9 Å². The first kappa shape index (κ1) is 17.8. The van der Waals surface area contributed by atoms with Crippen LogP contribution in [0.2, 0.25) is 0 Å². The second-order valence-electron chi connectivity index (χ2n) is 5.22. The van der Waals surface area contributed by atoms with E-state index < -0.39 is 5.38 Å². The van der Waals surface area contributed by atoms with E-state index in [1.54, 1.807) is 18.9 Å². The summed E-state index contributed by atoms with van der Waals surface area (Å²) in [6.45, 7) is 5.89. The molecule has 0 fully saturated rings. The molecule has 124 valence electrons. The summed E-state index contributed by atoms with van der Waals surface area (Å²) in [5, 5.41) is 2.09. The van der Waals surface area contributed by atoms with E-state index in [9.17, 15) is 4.79 Å². The predicted molar refractivity (Wildman–Crippen MR) is 98.5 cm³/mol. The Morgan fingerprint density at radius 2 is 1.87 bits per heavy atom. The van der Waals surface area contributed by atoms with Crippen molar-refractivity contribution in [2.24, 2.45) is 0 Å².